The average molecular weight is 254 g/mol. The van der Waals surface area contributed by atoms with Gasteiger partial charge in [0.2, 0.25) is 0 Å². The highest BCUT2D eigenvalue weighted by Crippen LogP contribution is 2.48. The molecule has 1 heterocycles. The first kappa shape index (κ1) is 14.3. The van der Waals surface area contributed by atoms with Gasteiger partial charge in [-0.05, 0) is 70.5 Å². The molecule has 0 amide bonds. The summed E-state index contributed by atoms with van der Waals surface area (Å²) in [5.74, 6) is 0.874. The first-order valence-corrected chi connectivity index (χ1v) is 7.56. The second kappa shape index (κ2) is 6.36. The van der Waals surface area contributed by atoms with Crippen molar-refractivity contribution in [1.82, 2.24) is 10.2 Å². The Balaban J connectivity index is 1.67. The molecular formula is C15H30N2O. The van der Waals surface area contributed by atoms with Crippen LogP contribution in [0, 0.1) is 11.3 Å². The molecule has 1 atom stereocenters. The van der Waals surface area contributed by atoms with Gasteiger partial charge >= 0.3 is 0 Å². The maximum Gasteiger partial charge on any atom is 0.0468 e. The molecule has 2 aliphatic rings. The highest BCUT2D eigenvalue weighted by atomic mass is 16.5. The molecule has 1 saturated heterocycles. The summed E-state index contributed by atoms with van der Waals surface area (Å²) in [4.78, 5) is 2.45. The molecular weight excluding hydrogens is 224 g/mol. The minimum Gasteiger partial charge on any atom is -0.385 e. The Bertz CT molecular complexity index is 245. The van der Waals surface area contributed by atoms with E-state index in [0.29, 0.717) is 11.5 Å². The van der Waals surface area contributed by atoms with Gasteiger partial charge in [-0.2, -0.15) is 0 Å². The van der Waals surface area contributed by atoms with Crippen LogP contribution in [0.1, 0.15) is 39.0 Å². The maximum absolute atomic E-state index is 5.22. The van der Waals surface area contributed by atoms with Gasteiger partial charge in [0.05, 0.1) is 0 Å². The standard InChI is InChI=1S/C15H30N2O/c1-13(14-4-9-17(2)10-5-14)16-12-15(6-7-15)8-11-18-3/h13-14,16H,4-12H2,1-3H3. The van der Waals surface area contributed by atoms with Crippen molar-refractivity contribution >= 4 is 0 Å². The van der Waals surface area contributed by atoms with Crippen molar-refractivity contribution in [2.75, 3.05) is 40.4 Å². The lowest BCUT2D eigenvalue weighted by molar-refractivity contribution is 0.162. The van der Waals surface area contributed by atoms with E-state index < -0.39 is 0 Å². The Morgan fingerprint density at radius 3 is 2.56 bits per heavy atom. The number of nitrogens with zero attached hydrogens (tertiary/aromatic N) is 1. The quantitative estimate of drug-likeness (QED) is 0.753. The normalized spacial score (nSPS) is 26.2. The molecule has 0 bridgehead atoms. The first-order valence-electron chi connectivity index (χ1n) is 7.56. The number of nitrogens with one attached hydrogen (secondary N) is 1. The van der Waals surface area contributed by atoms with Crippen LogP contribution in [0.25, 0.3) is 0 Å². The zero-order chi connectivity index (χ0) is 13.0. The minimum absolute atomic E-state index is 0.579. The van der Waals surface area contributed by atoms with Gasteiger partial charge in [0.1, 0.15) is 0 Å². The molecule has 1 aliphatic carbocycles. The van der Waals surface area contributed by atoms with E-state index in [-0.39, 0.29) is 0 Å². The Morgan fingerprint density at radius 1 is 1.33 bits per heavy atom. The number of likely N-dealkylation sites (tertiary alicyclic amines) is 1. The molecule has 0 aromatic heterocycles. The minimum atomic E-state index is 0.579. The van der Waals surface area contributed by atoms with E-state index >= 15 is 0 Å². The molecule has 3 nitrogen and oxygen atoms in total. The lowest BCUT2D eigenvalue weighted by Crippen LogP contribution is -2.42. The van der Waals surface area contributed by atoms with Crippen LogP contribution in [-0.2, 0) is 4.74 Å². The average Bonchev–Trinajstić information content (AvgIpc) is 3.15. The SMILES string of the molecule is COCCC1(CNC(C)C2CCN(C)CC2)CC1. The van der Waals surface area contributed by atoms with E-state index in [4.69, 9.17) is 4.74 Å². The van der Waals surface area contributed by atoms with Crippen LogP contribution < -0.4 is 5.32 Å². The number of methoxy groups -OCH3 is 1. The summed E-state index contributed by atoms with van der Waals surface area (Å²) in [7, 11) is 4.04. The Labute approximate surface area is 112 Å². The van der Waals surface area contributed by atoms with Crippen LogP contribution in [0.4, 0.5) is 0 Å². The number of ether oxygens (including phenoxy) is 1. The third-order valence-corrected chi connectivity index (χ3v) is 5.06. The number of rotatable bonds is 7. The second-order valence-corrected chi connectivity index (χ2v) is 6.55. The fourth-order valence-electron chi connectivity index (χ4n) is 3.08. The van der Waals surface area contributed by atoms with Crippen LogP contribution >= 0.6 is 0 Å². The third kappa shape index (κ3) is 3.94. The van der Waals surface area contributed by atoms with Crippen molar-refractivity contribution in [3.05, 3.63) is 0 Å². The molecule has 18 heavy (non-hydrogen) atoms. The van der Waals surface area contributed by atoms with Crippen LogP contribution in [0.5, 0.6) is 0 Å². The van der Waals surface area contributed by atoms with Crippen molar-refractivity contribution in [2.24, 2.45) is 11.3 Å². The third-order valence-electron chi connectivity index (χ3n) is 5.06. The van der Waals surface area contributed by atoms with Gasteiger partial charge < -0.3 is 15.0 Å². The zero-order valence-electron chi connectivity index (χ0n) is 12.4. The number of hydrogen-bond acceptors (Lipinski definition) is 3. The van der Waals surface area contributed by atoms with Crippen LogP contribution in [0.15, 0.2) is 0 Å². The summed E-state index contributed by atoms with van der Waals surface area (Å²) in [6.07, 6.45) is 6.73. The van der Waals surface area contributed by atoms with E-state index in [1.807, 2.05) is 7.11 Å². The highest BCUT2D eigenvalue weighted by Gasteiger charge is 2.42. The van der Waals surface area contributed by atoms with Crippen molar-refractivity contribution in [3.63, 3.8) is 0 Å². The van der Waals surface area contributed by atoms with Crippen LogP contribution in [0.2, 0.25) is 0 Å². The lowest BCUT2D eigenvalue weighted by atomic mass is 9.90. The van der Waals surface area contributed by atoms with E-state index in [2.05, 4.69) is 24.2 Å². The molecule has 2 fully saturated rings. The molecule has 1 saturated carbocycles. The highest BCUT2D eigenvalue weighted by molar-refractivity contribution is 4.95. The van der Waals surface area contributed by atoms with E-state index in [0.717, 1.165) is 12.5 Å². The van der Waals surface area contributed by atoms with Crippen molar-refractivity contribution in [3.8, 4) is 0 Å². The van der Waals surface area contributed by atoms with Crippen molar-refractivity contribution in [1.29, 1.82) is 0 Å². The molecule has 1 unspecified atom stereocenters. The maximum atomic E-state index is 5.22. The predicted molar refractivity (Wildman–Crippen MR) is 75.8 cm³/mol. The molecule has 0 aromatic carbocycles. The summed E-state index contributed by atoms with van der Waals surface area (Å²) in [6.45, 7) is 7.04. The topological polar surface area (TPSA) is 24.5 Å². The Hall–Kier alpha value is -0.120. The predicted octanol–water partition coefficient (Wildman–Crippen LogP) is 2.12. The summed E-state index contributed by atoms with van der Waals surface area (Å²) in [5, 5.41) is 3.80. The molecule has 2 rings (SSSR count). The summed E-state index contributed by atoms with van der Waals surface area (Å²) in [5.41, 5.74) is 0.579. The van der Waals surface area contributed by atoms with Gasteiger partial charge in [0.15, 0.2) is 0 Å². The van der Waals surface area contributed by atoms with E-state index in [9.17, 15) is 0 Å². The Kier molecular flexibility index (Phi) is 5.05. The van der Waals surface area contributed by atoms with E-state index in [1.165, 1.54) is 51.7 Å². The molecule has 0 spiro atoms. The van der Waals surface area contributed by atoms with Crippen LogP contribution in [0.3, 0.4) is 0 Å². The fraction of sp³-hybridized carbons (Fsp3) is 1.00. The Morgan fingerprint density at radius 2 is 2.00 bits per heavy atom. The summed E-state index contributed by atoms with van der Waals surface area (Å²) in [6, 6.07) is 0.679. The second-order valence-electron chi connectivity index (χ2n) is 6.55. The number of piperidine rings is 1. The van der Waals surface area contributed by atoms with Crippen molar-refractivity contribution in [2.45, 2.75) is 45.1 Å². The molecule has 106 valence electrons. The van der Waals surface area contributed by atoms with Crippen molar-refractivity contribution < 1.29 is 4.74 Å². The summed E-state index contributed by atoms with van der Waals surface area (Å²) < 4.78 is 5.22. The largest absolute Gasteiger partial charge is 0.385 e. The molecule has 0 aromatic rings. The molecule has 1 aliphatic heterocycles. The van der Waals surface area contributed by atoms with Gasteiger partial charge in [-0.15, -0.1) is 0 Å². The number of hydrogen-bond donors (Lipinski definition) is 1. The lowest BCUT2D eigenvalue weighted by Gasteiger charge is -2.34. The summed E-state index contributed by atoms with van der Waals surface area (Å²) >= 11 is 0. The van der Waals surface area contributed by atoms with Gasteiger partial charge in [-0.1, -0.05) is 0 Å². The van der Waals surface area contributed by atoms with E-state index in [1.54, 1.807) is 0 Å². The zero-order valence-corrected chi connectivity index (χ0v) is 12.4. The van der Waals surface area contributed by atoms with Gasteiger partial charge in [-0.3, -0.25) is 0 Å². The molecule has 3 heteroatoms. The molecule has 1 N–H and O–H groups in total. The molecule has 0 radical (unpaired) electrons. The van der Waals surface area contributed by atoms with Crippen LogP contribution in [-0.4, -0.2) is 51.3 Å². The smallest absolute Gasteiger partial charge is 0.0468 e. The first-order chi connectivity index (χ1) is 8.65. The van der Waals surface area contributed by atoms with Gasteiger partial charge in [0.25, 0.3) is 0 Å². The fourth-order valence-corrected chi connectivity index (χ4v) is 3.08. The monoisotopic (exact) mass is 254 g/mol. The van der Waals surface area contributed by atoms with Gasteiger partial charge in [-0.25, -0.2) is 0 Å². The van der Waals surface area contributed by atoms with Gasteiger partial charge in [0, 0.05) is 26.3 Å².